The average molecular weight is 266 g/mol. The highest BCUT2D eigenvalue weighted by molar-refractivity contribution is 6.18. The van der Waals surface area contributed by atoms with Gasteiger partial charge in [0.2, 0.25) is 0 Å². The molecule has 1 saturated carbocycles. The van der Waals surface area contributed by atoms with Crippen molar-refractivity contribution in [1.82, 2.24) is 4.90 Å². The van der Waals surface area contributed by atoms with Crippen molar-refractivity contribution in [2.24, 2.45) is 0 Å². The van der Waals surface area contributed by atoms with Gasteiger partial charge in [-0.05, 0) is 29.9 Å². The maximum Gasteiger partial charge on any atom is 0.0351 e. The Morgan fingerprint density at radius 2 is 1.89 bits per heavy atom. The van der Waals surface area contributed by atoms with Crippen LogP contribution in [0.5, 0.6) is 0 Å². The lowest BCUT2D eigenvalue weighted by molar-refractivity contribution is 0.127. The van der Waals surface area contributed by atoms with Crippen LogP contribution in [0, 0.1) is 0 Å². The van der Waals surface area contributed by atoms with E-state index in [1.54, 1.807) is 0 Å². The molecule has 100 valence electrons. The van der Waals surface area contributed by atoms with Gasteiger partial charge in [-0.15, -0.1) is 11.6 Å². The Hall–Kier alpha value is -0.530. The average Bonchev–Trinajstić information content (AvgIpc) is 2.27. The van der Waals surface area contributed by atoms with Crippen LogP contribution in [0.25, 0.3) is 0 Å². The lowest BCUT2D eigenvalue weighted by Crippen LogP contribution is -2.40. The number of alkyl halides is 1. The fourth-order valence-corrected chi connectivity index (χ4v) is 2.71. The van der Waals surface area contributed by atoms with Crippen LogP contribution in [0.4, 0.5) is 0 Å². The third-order valence-corrected chi connectivity index (χ3v) is 4.16. The molecule has 18 heavy (non-hydrogen) atoms. The van der Waals surface area contributed by atoms with Gasteiger partial charge >= 0.3 is 0 Å². The Bertz CT molecular complexity index is 354. The molecule has 0 saturated heterocycles. The van der Waals surface area contributed by atoms with Gasteiger partial charge in [-0.1, -0.05) is 44.5 Å². The molecule has 1 aromatic rings. The highest BCUT2D eigenvalue weighted by atomic mass is 35.5. The Kier molecular flexibility index (Phi) is 5.08. The highest BCUT2D eigenvalue weighted by Crippen LogP contribution is 2.26. The van der Waals surface area contributed by atoms with Crippen LogP contribution in [0.3, 0.4) is 0 Å². The van der Waals surface area contributed by atoms with Gasteiger partial charge in [-0.2, -0.15) is 0 Å². The van der Waals surface area contributed by atoms with Crippen LogP contribution in [-0.2, 0) is 6.54 Å². The molecular formula is C16H24ClN. The fraction of sp³-hybridized carbons (Fsp3) is 0.625. The molecule has 0 aliphatic heterocycles. The van der Waals surface area contributed by atoms with Crippen molar-refractivity contribution in [3.63, 3.8) is 0 Å². The predicted molar refractivity (Wildman–Crippen MR) is 79.3 cm³/mol. The maximum absolute atomic E-state index is 5.91. The van der Waals surface area contributed by atoms with E-state index in [-0.39, 0.29) is 0 Å². The summed E-state index contributed by atoms with van der Waals surface area (Å²) in [4.78, 5) is 2.54. The Balaban J connectivity index is 1.97. The maximum atomic E-state index is 5.91. The van der Waals surface area contributed by atoms with E-state index in [1.807, 2.05) is 0 Å². The van der Waals surface area contributed by atoms with Gasteiger partial charge in [-0.25, -0.2) is 0 Å². The number of rotatable bonds is 6. The van der Waals surface area contributed by atoms with E-state index in [2.05, 4.69) is 43.0 Å². The Morgan fingerprint density at radius 3 is 2.33 bits per heavy atom. The summed E-state index contributed by atoms with van der Waals surface area (Å²) in [6.45, 7) is 6.54. The number of benzene rings is 1. The molecule has 0 amide bonds. The summed E-state index contributed by atoms with van der Waals surface area (Å²) < 4.78 is 0. The molecule has 1 nitrogen and oxygen atoms in total. The monoisotopic (exact) mass is 265 g/mol. The third-order valence-electron chi connectivity index (χ3n) is 3.99. The van der Waals surface area contributed by atoms with E-state index in [1.165, 1.54) is 30.4 Å². The van der Waals surface area contributed by atoms with Crippen molar-refractivity contribution in [3.05, 3.63) is 35.4 Å². The molecule has 0 bridgehead atoms. The summed E-state index contributed by atoms with van der Waals surface area (Å²) >= 11 is 5.91. The number of hydrogen-bond donors (Lipinski definition) is 0. The smallest absolute Gasteiger partial charge is 0.0351 e. The number of halogens is 1. The molecule has 0 unspecified atom stereocenters. The fourth-order valence-electron chi connectivity index (χ4n) is 2.49. The van der Waals surface area contributed by atoms with Gasteiger partial charge in [0.15, 0.2) is 0 Å². The molecule has 2 heteroatoms. The van der Waals surface area contributed by atoms with E-state index >= 15 is 0 Å². The van der Waals surface area contributed by atoms with Gasteiger partial charge < -0.3 is 0 Å². The summed E-state index contributed by atoms with van der Waals surface area (Å²) in [5.74, 6) is 1.35. The Morgan fingerprint density at radius 1 is 1.22 bits per heavy atom. The first kappa shape index (κ1) is 13.9. The SMILES string of the molecule is CC(C)c1ccc(CN(CCCl)C2CCC2)cc1. The summed E-state index contributed by atoms with van der Waals surface area (Å²) in [5.41, 5.74) is 2.84. The minimum Gasteiger partial charge on any atom is -0.295 e. The van der Waals surface area contributed by atoms with E-state index < -0.39 is 0 Å². The summed E-state index contributed by atoms with van der Waals surface area (Å²) in [5, 5.41) is 0. The lowest BCUT2D eigenvalue weighted by Gasteiger charge is -2.37. The first-order chi connectivity index (χ1) is 8.70. The van der Waals surface area contributed by atoms with Crippen molar-refractivity contribution in [2.75, 3.05) is 12.4 Å². The zero-order valence-electron chi connectivity index (χ0n) is 11.5. The molecule has 0 heterocycles. The van der Waals surface area contributed by atoms with E-state index in [4.69, 9.17) is 11.6 Å². The van der Waals surface area contributed by atoms with Crippen LogP contribution in [0.1, 0.15) is 50.2 Å². The van der Waals surface area contributed by atoms with Crippen LogP contribution < -0.4 is 0 Å². The predicted octanol–water partition coefficient (Wildman–Crippen LogP) is 4.40. The van der Waals surface area contributed by atoms with Gasteiger partial charge in [-0.3, -0.25) is 4.90 Å². The molecular weight excluding hydrogens is 242 g/mol. The summed E-state index contributed by atoms with van der Waals surface area (Å²) in [7, 11) is 0. The van der Waals surface area contributed by atoms with E-state index in [0.29, 0.717) is 5.92 Å². The standard InChI is InChI=1S/C16H24ClN/c1-13(2)15-8-6-14(7-9-15)12-18(11-10-17)16-4-3-5-16/h6-9,13,16H,3-5,10-12H2,1-2H3. The second kappa shape index (κ2) is 6.58. The zero-order chi connectivity index (χ0) is 13.0. The van der Waals surface area contributed by atoms with Crippen LogP contribution in [-0.4, -0.2) is 23.4 Å². The normalized spacial score (nSPS) is 16.3. The highest BCUT2D eigenvalue weighted by Gasteiger charge is 2.24. The molecule has 0 atom stereocenters. The van der Waals surface area contributed by atoms with Gasteiger partial charge in [0.05, 0.1) is 0 Å². The minimum atomic E-state index is 0.615. The molecule has 0 spiro atoms. The molecule has 1 aromatic carbocycles. The van der Waals surface area contributed by atoms with Gasteiger partial charge in [0.1, 0.15) is 0 Å². The van der Waals surface area contributed by atoms with Gasteiger partial charge in [0.25, 0.3) is 0 Å². The lowest BCUT2D eigenvalue weighted by atomic mass is 9.91. The number of nitrogens with zero attached hydrogens (tertiary/aromatic N) is 1. The second-order valence-corrected chi connectivity index (χ2v) is 6.02. The van der Waals surface area contributed by atoms with E-state index in [9.17, 15) is 0 Å². The molecule has 1 aliphatic carbocycles. The van der Waals surface area contributed by atoms with Crippen molar-refractivity contribution >= 4 is 11.6 Å². The summed E-state index contributed by atoms with van der Waals surface area (Å²) in [6, 6.07) is 9.84. The molecule has 0 radical (unpaired) electrons. The molecule has 1 fully saturated rings. The zero-order valence-corrected chi connectivity index (χ0v) is 12.3. The van der Waals surface area contributed by atoms with Crippen LogP contribution >= 0.6 is 11.6 Å². The molecule has 0 aromatic heterocycles. The van der Waals surface area contributed by atoms with Crippen molar-refractivity contribution < 1.29 is 0 Å². The van der Waals surface area contributed by atoms with E-state index in [0.717, 1.165) is 25.0 Å². The first-order valence-electron chi connectivity index (χ1n) is 7.09. The minimum absolute atomic E-state index is 0.615. The second-order valence-electron chi connectivity index (χ2n) is 5.64. The van der Waals surface area contributed by atoms with Crippen molar-refractivity contribution in [3.8, 4) is 0 Å². The quantitative estimate of drug-likeness (QED) is 0.689. The van der Waals surface area contributed by atoms with Crippen LogP contribution in [0.2, 0.25) is 0 Å². The molecule has 1 aliphatic rings. The topological polar surface area (TPSA) is 3.24 Å². The third kappa shape index (κ3) is 3.49. The number of hydrogen-bond acceptors (Lipinski definition) is 1. The molecule has 2 rings (SSSR count). The molecule has 0 N–H and O–H groups in total. The van der Waals surface area contributed by atoms with Crippen molar-refractivity contribution in [1.29, 1.82) is 0 Å². The van der Waals surface area contributed by atoms with Crippen molar-refractivity contribution in [2.45, 2.75) is 51.6 Å². The van der Waals surface area contributed by atoms with Crippen LogP contribution in [0.15, 0.2) is 24.3 Å². The largest absolute Gasteiger partial charge is 0.295 e. The van der Waals surface area contributed by atoms with Gasteiger partial charge in [0, 0.05) is 25.0 Å². The summed E-state index contributed by atoms with van der Waals surface area (Å²) in [6.07, 6.45) is 4.08. The first-order valence-corrected chi connectivity index (χ1v) is 7.63. The Labute approximate surface area is 116 Å².